The lowest BCUT2D eigenvalue weighted by atomic mass is 9.99. The fraction of sp³-hybridized carbons (Fsp3) is 0.389. The maximum Gasteiger partial charge on any atom is 0.125 e. The van der Waals surface area contributed by atoms with Crippen molar-refractivity contribution >= 4 is 5.82 Å². The summed E-state index contributed by atoms with van der Waals surface area (Å²) in [7, 11) is 0. The summed E-state index contributed by atoms with van der Waals surface area (Å²) >= 11 is 0. The van der Waals surface area contributed by atoms with Crippen LogP contribution in [0.25, 0.3) is 0 Å². The van der Waals surface area contributed by atoms with Crippen molar-refractivity contribution in [2.45, 2.75) is 39.7 Å². The first-order valence-corrected chi connectivity index (χ1v) is 7.64. The zero-order chi connectivity index (χ0) is 15.1. The Morgan fingerprint density at radius 2 is 1.86 bits per heavy atom. The van der Waals surface area contributed by atoms with E-state index >= 15 is 0 Å². The number of benzene rings is 1. The average molecular weight is 284 g/mol. The molecule has 0 fully saturated rings. The summed E-state index contributed by atoms with van der Waals surface area (Å²) in [4.78, 5) is 4.34. The first kappa shape index (κ1) is 15.4. The van der Waals surface area contributed by atoms with Gasteiger partial charge in [-0.3, -0.25) is 0 Å². The van der Waals surface area contributed by atoms with Gasteiger partial charge >= 0.3 is 0 Å². The lowest BCUT2D eigenvalue weighted by molar-refractivity contribution is 0.305. The van der Waals surface area contributed by atoms with Crippen molar-refractivity contribution in [2.75, 3.05) is 11.9 Å². The number of anilines is 1. The van der Waals surface area contributed by atoms with E-state index in [0.717, 1.165) is 30.1 Å². The molecule has 112 valence electrons. The van der Waals surface area contributed by atoms with E-state index in [1.807, 2.05) is 30.5 Å². The smallest absolute Gasteiger partial charge is 0.125 e. The molecule has 2 rings (SSSR count). The molecule has 0 aliphatic rings. The van der Waals surface area contributed by atoms with Crippen molar-refractivity contribution in [3.05, 3.63) is 53.7 Å². The largest absolute Gasteiger partial charge is 0.489 e. The minimum atomic E-state index is 0.544. The molecule has 0 aliphatic carbocycles. The molecule has 3 nitrogen and oxygen atoms in total. The number of pyridine rings is 1. The maximum atomic E-state index is 5.80. The average Bonchev–Trinajstić information content (AvgIpc) is 2.54. The standard InChI is InChI=1S/C18H24N2O/c1-4-14(3)16-7-9-17(10-8-16)21-13-15-6-11-18(19-5-2)20-12-15/h6-12,14H,4-5,13H2,1-3H3,(H,19,20). The number of rotatable bonds is 7. The molecule has 0 radical (unpaired) electrons. The normalized spacial score (nSPS) is 12.0. The second-order valence-corrected chi connectivity index (χ2v) is 5.25. The zero-order valence-corrected chi connectivity index (χ0v) is 13.1. The molecule has 0 bridgehead atoms. The topological polar surface area (TPSA) is 34.1 Å². The number of hydrogen-bond acceptors (Lipinski definition) is 3. The van der Waals surface area contributed by atoms with Gasteiger partial charge in [0.2, 0.25) is 0 Å². The van der Waals surface area contributed by atoms with Gasteiger partial charge in [-0.1, -0.05) is 32.0 Å². The Balaban J connectivity index is 1.90. The van der Waals surface area contributed by atoms with E-state index in [2.05, 4.69) is 43.2 Å². The second kappa shape index (κ2) is 7.67. The first-order valence-electron chi connectivity index (χ1n) is 7.64. The monoisotopic (exact) mass is 284 g/mol. The third-order valence-electron chi connectivity index (χ3n) is 3.65. The lowest BCUT2D eigenvalue weighted by Gasteiger charge is -2.11. The van der Waals surface area contributed by atoms with Crippen molar-refractivity contribution in [3.63, 3.8) is 0 Å². The van der Waals surface area contributed by atoms with Crippen LogP contribution >= 0.6 is 0 Å². The molecule has 21 heavy (non-hydrogen) atoms. The molecule has 0 saturated carbocycles. The molecule has 0 amide bonds. The number of nitrogens with one attached hydrogen (secondary N) is 1. The molecule has 2 aromatic rings. The molecule has 1 N–H and O–H groups in total. The van der Waals surface area contributed by atoms with Gasteiger partial charge in [0, 0.05) is 18.3 Å². The van der Waals surface area contributed by atoms with Gasteiger partial charge in [0.25, 0.3) is 0 Å². The third-order valence-corrected chi connectivity index (χ3v) is 3.65. The first-order chi connectivity index (χ1) is 10.2. The summed E-state index contributed by atoms with van der Waals surface area (Å²) in [5.74, 6) is 2.40. The lowest BCUT2D eigenvalue weighted by Crippen LogP contribution is -2.01. The highest BCUT2D eigenvalue weighted by Gasteiger charge is 2.03. The fourth-order valence-electron chi connectivity index (χ4n) is 2.09. The van der Waals surface area contributed by atoms with Crippen LogP contribution in [0, 0.1) is 0 Å². The van der Waals surface area contributed by atoms with Gasteiger partial charge in [-0.2, -0.15) is 0 Å². The van der Waals surface area contributed by atoms with Crippen LogP contribution in [0.2, 0.25) is 0 Å². The summed E-state index contributed by atoms with van der Waals surface area (Å²) in [6, 6.07) is 12.4. The zero-order valence-electron chi connectivity index (χ0n) is 13.1. The van der Waals surface area contributed by atoms with E-state index in [-0.39, 0.29) is 0 Å². The number of ether oxygens (including phenoxy) is 1. The number of nitrogens with zero attached hydrogens (tertiary/aromatic N) is 1. The Morgan fingerprint density at radius 3 is 2.43 bits per heavy atom. The van der Waals surface area contributed by atoms with Crippen LogP contribution < -0.4 is 10.1 Å². The second-order valence-electron chi connectivity index (χ2n) is 5.25. The van der Waals surface area contributed by atoms with Gasteiger partial charge < -0.3 is 10.1 Å². The van der Waals surface area contributed by atoms with E-state index in [4.69, 9.17) is 4.74 Å². The highest BCUT2D eigenvalue weighted by Crippen LogP contribution is 2.22. The van der Waals surface area contributed by atoms with Crippen LogP contribution in [0.4, 0.5) is 5.82 Å². The van der Waals surface area contributed by atoms with Crippen molar-refractivity contribution in [1.29, 1.82) is 0 Å². The molecule has 1 atom stereocenters. The van der Waals surface area contributed by atoms with Crippen LogP contribution in [-0.2, 0) is 6.61 Å². The van der Waals surface area contributed by atoms with Crippen molar-refractivity contribution in [1.82, 2.24) is 4.98 Å². The maximum absolute atomic E-state index is 5.80. The Kier molecular flexibility index (Phi) is 5.61. The van der Waals surface area contributed by atoms with Crippen LogP contribution in [0.5, 0.6) is 5.75 Å². The predicted molar refractivity (Wildman–Crippen MR) is 87.9 cm³/mol. The Hall–Kier alpha value is -2.03. The Bertz CT molecular complexity index is 534. The summed E-state index contributed by atoms with van der Waals surface area (Å²) < 4.78 is 5.80. The van der Waals surface area contributed by atoms with Crippen molar-refractivity contribution in [2.24, 2.45) is 0 Å². The van der Waals surface area contributed by atoms with E-state index in [0.29, 0.717) is 12.5 Å². The highest BCUT2D eigenvalue weighted by molar-refractivity contribution is 5.35. The Labute approximate surface area is 127 Å². The molecule has 0 spiro atoms. The molecule has 3 heteroatoms. The van der Waals surface area contributed by atoms with Gasteiger partial charge in [0.15, 0.2) is 0 Å². The number of aromatic nitrogens is 1. The quantitative estimate of drug-likeness (QED) is 0.806. The van der Waals surface area contributed by atoms with Crippen molar-refractivity contribution < 1.29 is 4.74 Å². The van der Waals surface area contributed by atoms with E-state index in [9.17, 15) is 0 Å². The Morgan fingerprint density at radius 1 is 1.10 bits per heavy atom. The van der Waals surface area contributed by atoms with Crippen LogP contribution in [-0.4, -0.2) is 11.5 Å². The summed E-state index contributed by atoms with van der Waals surface area (Å²) in [6.07, 6.45) is 3.01. The van der Waals surface area contributed by atoms with Crippen LogP contribution in [0.1, 0.15) is 44.2 Å². The SMILES string of the molecule is CCNc1ccc(COc2ccc(C(C)CC)cc2)cn1. The molecule has 0 saturated heterocycles. The predicted octanol–water partition coefficient (Wildman–Crippen LogP) is 4.61. The van der Waals surface area contributed by atoms with Gasteiger partial charge in [0.05, 0.1) is 0 Å². The molecule has 0 aliphatic heterocycles. The van der Waals surface area contributed by atoms with E-state index in [1.54, 1.807) is 0 Å². The molecular formula is C18H24N2O. The number of hydrogen-bond donors (Lipinski definition) is 1. The van der Waals surface area contributed by atoms with E-state index in [1.165, 1.54) is 5.56 Å². The van der Waals surface area contributed by atoms with Gasteiger partial charge in [0.1, 0.15) is 18.2 Å². The molecule has 1 aromatic heterocycles. The van der Waals surface area contributed by atoms with Gasteiger partial charge in [-0.15, -0.1) is 0 Å². The van der Waals surface area contributed by atoms with Crippen LogP contribution in [0.3, 0.4) is 0 Å². The highest BCUT2D eigenvalue weighted by atomic mass is 16.5. The summed E-state index contributed by atoms with van der Waals surface area (Å²) in [5, 5.41) is 3.18. The minimum Gasteiger partial charge on any atom is -0.489 e. The molecule has 1 aromatic carbocycles. The van der Waals surface area contributed by atoms with Crippen molar-refractivity contribution in [3.8, 4) is 5.75 Å². The summed E-state index contributed by atoms with van der Waals surface area (Å²) in [5.41, 5.74) is 2.43. The van der Waals surface area contributed by atoms with Gasteiger partial charge in [-0.25, -0.2) is 4.98 Å². The minimum absolute atomic E-state index is 0.544. The summed E-state index contributed by atoms with van der Waals surface area (Å²) in [6.45, 7) is 7.93. The van der Waals surface area contributed by atoms with Gasteiger partial charge in [-0.05, 0) is 43.0 Å². The van der Waals surface area contributed by atoms with E-state index < -0.39 is 0 Å². The fourth-order valence-corrected chi connectivity index (χ4v) is 2.09. The molecule has 1 heterocycles. The molecular weight excluding hydrogens is 260 g/mol. The molecule has 1 unspecified atom stereocenters. The third kappa shape index (κ3) is 4.48. The van der Waals surface area contributed by atoms with Crippen LogP contribution in [0.15, 0.2) is 42.6 Å².